The predicted octanol–water partition coefficient (Wildman–Crippen LogP) is 3.39. The molecule has 162 valence electrons. The lowest BCUT2D eigenvalue weighted by Gasteiger charge is -2.18. The average molecular weight is 433 g/mol. The van der Waals surface area contributed by atoms with Crippen LogP contribution >= 0.6 is 0 Å². The van der Waals surface area contributed by atoms with Gasteiger partial charge in [0.1, 0.15) is 17.3 Å². The summed E-state index contributed by atoms with van der Waals surface area (Å²) in [7, 11) is 1.42. The van der Waals surface area contributed by atoms with E-state index in [1.807, 2.05) is 0 Å². The molecule has 1 aromatic carbocycles. The number of methoxy groups -OCH3 is 1. The Bertz CT molecular complexity index is 1210. The number of rotatable bonds is 5. The zero-order valence-electron chi connectivity index (χ0n) is 17.1. The number of benzene rings is 1. The first-order valence-corrected chi connectivity index (χ1v) is 10.5. The summed E-state index contributed by atoms with van der Waals surface area (Å²) >= 11 is 0. The molecule has 9 heteroatoms. The van der Waals surface area contributed by atoms with Crippen LogP contribution in [0.15, 0.2) is 52.0 Å². The second kappa shape index (κ2) is 6.38. The van der Waals surface area contributed by atoms with Gasteiger partial charge in [0.05, 0.1) is 41.7 Å². The van der Waals surface area contributed by atoms with Crippen molar-refractivity contribution in [2.45, 2.75) is 12.8 Å². The van der Waals surface area contributed by atoms with Gasteiger partial charge in [0, 0.05) is 6.07 Å². The van der Waals surface area contributed by atoms with Crippen molar-refractivity contribution in [3.8, 4) is 17.1 Å². The Labute approximate surface area is 182 Å². The highest BCUT2D eigenvalue weighted by Gasteiger charge is 2.73. The summed E-state index contributed by atoms with van der Waals surface area (Å²) < 4.78 is 11.0. The average Bonchev–Trinajstić information content (AvgIpc) is 3.08. The molecule has 2 saturated carbocycles. The Morgan fingerprint density at radius 1 is 1.16 bits per heavy atom. The number of carbonyl (C=O) groups is 2. The molecule has 9 nitrogen and oxygen atoms in total. The number of nitro groups is 1. The number of ether oxygens (including phenoxy) is 1. The van der Waals surface area contributed by atoms with Crippen molar-refractivity contribution in [3.63, 3.8) is 0 Å². The fourth-order valence-electron chi connectivity index (χ4n) is 5.86. The van der Waals surface area contributed by atoms with E-state index in [1.54, 1.807) is 18.2 Å². The van der Waals surface area contributed by atoms with Crippen LogP contribution in [0.1, 0.15) is 18.6 Å². The van der Waals surface area contributed by atoms with E-state index in [2.05, 4.69) is 17.3 Å². The molecular formula is C23H19N3O6. The van der Waals surface area contributed by atoms with Gasteiger partial charge < -0.3 is 9.15 Å². The highest BCUT2D eigenvalue weighted by molar-refractivity contribution is 6.07. The fraction of sp³-hybridized carbons (Fsp3) is 0.348. The van der Waals surface area contributed by atoms with Gasteiger partial charge in [-0.25, -0.2) is 0 Å². The molecule has 1 saturated heterocycles. The van der Waals surface area contributed by atoms with Crippen LogP contribution in [0.25, 0.3) is 11.3 Å². The van der Waals surface area contributed by atoms with E-state index in [1.165, 1.54) is 25.5 Å². The molecule has 1 spiro atoms. The van der Waals surface area contributed by atoms with Crippen LogP contribution in [-0.2, 0) is 9.59 Å². The molecule has 2 heterocycles. The number of carbonyl (C=O) groups excluding carboxylic acids is 2. The first-order valence-electron chi connectivity index (χ1n) is 10.5. The van der Waals surface area contributed by atoms with Crippen molar-refractivity contribution in [2.24, 2.45) is 34.2 Å². The smallest absolute Gasteiger partial charge is 0.273 e. The number of imide groups is 1. The standard InChI is InChI=1S/C23H19N3O6/c1-31-18-10-12(26(29)30)2-4-14(18)17-7-3-13(32-17)11-24-25-21(27)19-15-5-6-16(20(19)22(25)28)23(15)8-9-23/h2-7,10-11,15-16,19-20H,8-9H2,1H3/b24-11-/t15-,16+,19-,20-/m0/s1. The van der Waals surface area contributed by atoms with Crippen LogP contribution in [0.3, 0.4) is 0 Å². The Kier molecular flexibility index (Phi) is 3.78. The van der Waals surface area contributed by atoms with Gasteiger partial charge in [-0.05, 0) is 48.3 Å². The van der Waals surface area contributed by atoms with Crippen molar-refractivity contribution in [3.05, 3.63) is 58.4 Å². The maximum atomic E-state index is 13.0. The number of hydrogen-bond acceptors (Lipinski definition) is 7. The summed E-state index contributed by atoms with van der Waals surface area (Å²) in [5.41, 5.74) is 0.598. The molecule has 2 aromatic rings. The van der Waals surface area contributed by atoms with Gasteiger partial charge in [0.25, 0.3) is 17.5 Å². The summed E-state index contributed by atoms with van der Waals surface area (Å²) in [6.07, 6.45) is 7.77. The summed E-state index contributed by atoms with van der Waals surface area (Å²) in [6, 6.07) is 7.55. The topological polar surface area (TPSA) is 115 Å². The van der Waals surface area contributed by atoms with Crippen molar-refractivity contribution < 1.29 is 23.7 Å². The Morgan fingerprint density at radius 3 is 2.44 bits per heavy atom. The molecule has 2 bridgehead atoms. The Morgan fingerprint density at radius 2 is 1.84 bits per heavy atom. The lowest BCUT2D eigenvalue weighted by atomic mass is 9.85. The highest BCUT2D eigenvalue weighted by Crippen LogP contribution is 2.73. The molecule has 0 radical (unpaired) electrons. The molecule has 0 N–H and O–H groups in total. The van der Waals surface area contributed by atoms with E-state index in [0.717, 1.165) is 17.9 Å². The molecule has 6 rings (SSSR count). The number of hydrogen-bond donors (Lipinski definition) is 0. The normalized spacial score (nSPS) is 28.8. The minimum Gasteiger partial charge on any atom is -0.496 e. The van der Waals surface area contributed by atoms with Crippen molar-refractivity contribution >= 4 is 23.7 Å². The Hall–Kier alpha value is -3.75. The molecule has 0 unspecified atom stereocenters. The first kappa shape index (κ1) is 19.0. The third-order valence-electron chi connectivity index (χ3n) is 7.42. The van der Waals surface area contributed by atoms with Gasteiger partial charge in [0.2, 0.25) is 0 Å². The molecule has 3 aliphatic carbocycles. The molecule has 4 atom stereocenters. The summed E-state index contributed by atoms with van der Waals surface area (Å²) in [4.78, 5) is 36.4. The monoisotopic (exact) mass is 433 g/mol. The first-order chi connectivity index (χ1) is 15.4. The zero-order valence-corrected chi connectivity index (χ0v) is 17.1. The quantitative estimate of drug-likeness (QED) is 0.235. The number of amides is 2. The van der Waals surface area contributed by atoms with Crippen molar-refractivity contribution in [2.75, 3.05) is 7.11 Å². The van der Waals surface area contributed by atoms with Crippen molar-refractivity contribution in [1.29, 1.82) is 0 Å². The minimum absolute atomic E-state index is 0.0908. The number of allylic oxidation sites excluding steroid dienone is 2. The second-order valence-corrected chi connectivity index (χ2v) is 8.80. The number of nitro benzene ring substituents is 1. The predicted molar refractivity (Wildman–Crippen MR) is 112 cm³/mol. The van der Waals surface area contributed by atoms with Crippen LogP contribution in [0.2, 0.25) is 0 Å². The largest absolute Gasteiger partial charge is 0.496 e. The summed E-state index contributed by atoms with van der Waals surface area (Å²) in [6.45, 7) is 0. The maximum Gasteiger partial charge on any atom is 0.273 e. The molecule has 4 aliphatic rings. The summed E-state index contributed by atoms with van der Waals surface area (Å²) in [5.74, 6) is 0.309. The third-order valence-corrected chi connectivity index (χ3v) is 7.42. The van der Waals surface area contributed by atoms with Crippen LogP contribution in [0, 0.1) is 39.2 Å². The molecule has 1 aliphatic heterocycles. The van der Waals surface area contributed by atoms with Gasteiger partial charge in [-0.3, -0.25) is 19.7 Å². The van der Waals surface area contributed by atoms with Gasteiger partial charge in [-0.15, -0.1) is 0 Å². The van der Waals surface area contributed by atoms with E-state index >= 15 is 0 Å². The molecular weight excluding hydrogens is 414 g/mol. The third kappa shape index (κ3) is 2.41. The fourth-order valence-corrected chi connectivity index (χ4v) is 5.86. The highest BCUT2D eigenvalue weighted by atomic mass is 16.6. The molecule has 3 fully saturated rings. The SMILES string of the molecule is COc1cc([N+](=O)[O-])ccc1-c1ccc(/C=N\N2C(=O)[C@@H]3[C@@H](C2=O)[C@@H]2C=C[C@H]3C23CC3)o1. The Balaban J connectivity index is 1.23. The number of nitrogens with zero attached hydrogens (tertiary/aromatic N) is 3. The minimum atomic E-state index is -0.501. The van der Waals surface area contributed by atoms with E-state index in [-0.39, 0.29) is 46.6 Å². The number of furan rings is 1. The molecule has 2 amide bonds. The van der Waals surface area contributed by atoms with E-state index in [4.69, 9.17) is 9.15 Å². The van der Waals surface area contributed by atoms with Gasteiger partial charge in [0.15, 0.2) is 0 Å². The van der Waals surface area contributed by atoms with Crippen molar-refractivity contribution in [1.82, 2.24) is 5.01 Å². The van der Waals surface area contributed by atoms with Crippen LogP contribution in [-0.4, -0.2) is 35.1 Å². The summed E-state index contributed by atoms with van der Waals surface area (Å²) in [5, 5.41) is 16.1. The number of non-ortho nitro benzene ring substituents is 1. The van der Waals surface area contributed by atoms with E-state index in [9.17, 15) is 19.7 Å². The van der Waals surface area contributed by atoms with Gasteiger partial charge in [-0.2, -0.15) is 10.1 Å². The molecule has 1 aromatic heterocycles. The van der Waals surface area contributed by atoms with Gasteiger partial charge in [-0.1, -0.05) is 12.2 Å². The lowest BCUT2D eigenvalue weighted by molar-refractivity contribution is -0.384. The van der Waals surface area contributed by atoms with E-state index in [0.29, 0.717) is 22.8 Å². The lowest BCUT2D eigenvalue weighted by Crippen LogP contribution is -2.30. The number of hydrazone groups is 1. The maximum absolute atomic E-state index is 13.0. The van der Waals surface area contributed by atoms with E-state index < -0.39 is 4.92 Å². The number of fused-ring (bicyclic) bond motifs is 3. The van der Waals surface area contributed by atoms with Crippen LogP contribution < -0.4 is 4.74 Å². The van der Waals surface area contributed by atoms with Crippen LogP contribution in [0.5, 0.6) is 5.75 Å². The second-order valence-electron chi connectivity index (χ2n) is 8.80. The molecule has 32 heavy (non-hydrogen) atoms. The van der Waals surface area contributed by atoms with Crippen LogP contribution in [0.4, 0.5) is 5.69 Å². The zero-order chi connectivity index (χ0) is 22.2. The van der Waals surface area contributed by atoms with Gasteiger partial charge >= 0.3 is 0 Å².